The highest BCUT2D eigenvalue weighted by Crippen LogP contribution is 2.19. The molecule has 0 spiro atoms. The van der Waals surface area contributed by atoms with Crippen LogP contribution in [0.15, 0.2) is 23.1 Å². The lowest BCUT2D eigenvalue weighted by Gasteiger charge is -2.14. The van der Waals surface area contributed by atoms with Gasteiger partial charge in [-0.15, -0.1) is 11.8 Å². The molecule has 0 aliphatic rings. The minimum Gasteiger partial charge on any atom is -0.391 e. The first kappa shape index (κ1) is 16.1. The van der Waals surface area contributed by atoms with E-state index in [9.17, 15) is 9.90 Å². The summed E-state index contributed by atoms with van der Waals surface area (Å²) in [6.45, 7) is 6.33. The fraction of sp³-hybridized carbons (Fsp3) is 0.533. The molecule has 0 bridgehead atoms. The van der Waals surface area contributed by atoms with Crippen molar-refractivity contribution < 1.29 is 9.90 Å². The molecule has 0 saturated heterocycles. The summed E-state index contributed by atoms with van der Waals surface area (Å²) in [5, 5.41) is 12.6. The number of benzene rings is 1. The SMILES string of the molecule is CSc1ccc(C)c(C(=O)NCC(O)CC(C)C)c1. The van der Waals surface area contributed by atoms with Gasteiger partial charge in [-0.1, -0.05) is 19.9 Å². The fourth-order valence-electron chi connectivity index (χ4n) is 1.91. The van der Waals surface area contributed by atoms with Crippen molar-refractivity contribution in [3.05, 3.63) is 29.3 Å². The molecule has 3 nitrogen and oxygen atoms in total. The second-order valence-electron chi connectivity index (χ2n) is 5.17. The van der Waals surface area contributed by atoms with E-state index < -0.39 is 6.10 Å². The van der Waals surface area contributed by atoms with E-state index in [2.05, 4.69) is 19.2 Å². The van der Waals surface area contributed by atoms with Gasteiger partial charge in [0.1, 0.15) is 0 Å². The van der Waals surface area contributed by atoms with Crippen LogP contribution in [0.4, 0.5) is 0 Å². The van der Waals surface area contributed by atoms with E-state index in [0.717, 1.165) is 10.5 Å². The lowest BCUT2D eigenvalue weighted by molar-refractivity contribution is 0.0899. The number of nitrogens with one attached hydrogen (secondary N) is 1. The Balaban J connectivity index is 2.63. The van der Waals surface area contributed by atoms with Crippen molar-refractivity contribution in [2.24, 2.45) is 5.92 Å². The van der Waals surface area contributed by atoms with Crippen LogP contribution < -0.4 is 5.32 Å². The zero-order valence-corrected chi connectivity index (χ0v) is 12.9. The zero-order chi connectivity index (χ0) is 14.4. The lowest BCUT2D eigenvalue weighted by atomic mass is 10.1. The summed E-state index contributed by atoms with van der Waals surface area (Å²) in [7, 11) is 0. The van der Waals surface area contributed by atoms with Gasteiger partial charge in [0.2, 0.25) is 0 Å². The van der Waals surface area contributed by atoms with E-state index in [0.29, 0.717) is 24.4 Å². The van der Waals surface area contributed by atoms with Crippen molar-refractivity contribution in [1.82, 2.24) is 5.32 Å². The summed E-state index contributed by atoms with van der Waals surface area (Å²) < 4.78 is 0. The summed E-state index contributed by atoms with van der Waals surface area (Å²) >= 11 is 1.61. The van der Waals surface area contributed by atoms with E-state index in [1.165, 1.54) is 0 Å². The minimum absolute atomic E-state index is 0.115. The van der Waals surface area contributed by atoms with Gasteiger partial charge in [-0.3, -0.25) is 4.79 Å². The Kier molecular flexibility index (Phi) is 6.38. The van der Waals surface area contributed by atoms with Gasteiger partial charge < -0.3 is 10.4 Å². The Morgan fingerprint density at radius 1 is 1.42 bits per heavy atom. The molecule has 1 rings (SSSR count). The van der Waals surface area contributed by atoms with Gasteiger partial charge in [0.15, 0.2) is 0 Å². The number of aliphatic hydroxyl groups excluding tert-OH is 1. The molecule has 1 amide bonds. The molecule has 2 N–H and O–H groups in total. The zero-order valence-electron chi connectivity index (χ0n) is 12.1. The Morgan fingerprint density at radius 3 is 2.68 bits per heavy atom. The molecule has 0 heterocycles. The van der Waals surface area contributed by atoms with Crippen molar-refractivity contribution in [3.8, 4) is 0 Å². The van der Waals surface area contributed by atoms with Gasteiger partial charge in [-0.05, 0) is 43.2 Å². The Morgan fingerprint density at radius 2 is 2.11 bits per heavy atom. The number of amides is 1. The standard InChI is InChI=1S/C15H23NO2S/c1-10(2)7-12(17)9-16-15(18)14-8-13(19-4)6-5-11(14)3/h5-6,8,10,12,17H,7,9H2,1-4H3,(H,16,18). The second-order valence-corrected chi connectivity index (χ2v) is 6.05. The average molecular weight is 281 g/mol. The molecule has 1 unspecified atom stereocenters. The van der Waals surface area contributed by atoms with Crippen molar-refractivity contribution >= 4 is 17.7 Å². The molecule has 1 aromatic rings. The predicted molar refractivity (Wildman–Crippen MR) is 80.8 cm³/mol. The third kappa shape index (κ3) is 5.25. The first-order valence-corrected chi connectivity index (χ1v) is 7.77. The van der Waals surface area contributed by atoms with Gasteiger partial charge >= 0.3 is 0 Å². The van der Waals surface area contributed by atoms with Gasteiger partial charge in [-0.25, -0.2) is 0 Å². The van der Waals surface area contributed by atoms with Crippen molar-refractivity contribution in [2.75, 3.05) is 12.8 Å². The molecule has 0 aromatic heterocycles. The Hall–Kier alpha value is -1.00. The molecule has 0 saturated carbocycles. The highest BCUT2D eigenvalue weighted by molar-refractivity contribution is 7.98. The van der Waals surface area contributed by atoms with Gasteiger partial charge in [0.25, 0.3) is 5.91 Å². The van der Waals surface area contributed by atoms with Gasteiger partial charge in [-0.2, -0.15) is 0 Å². The van der Waals surface area contributed by atoms with Crippen molar-refractivity contribution in [2.45, 2.75) is 38.2 Å². The van der Waals surface area contributed by atoms with Crippen LogP contribution in [-0.2, 0) is 0 Å². The normalized spacial score (nSPS) is 12.5. The molecule has 0 radical (unpaired) electrons. The van der Waals surface area contributed by atoms with Gasteiger partial charge in [0, 0.05) is 17.0 Å². The number of thioether (sulfide) groups is 1. The molecule has 0 fully saturated rings. The van der Waals surface area contributed by atoms with Crippen LogP contribution in [0.25, 0.3) is 0 Å². The Bertz CT molecular complexity index is 432. The number of carbonyl (C=O) groups excluding carboxylic acids is 1. The topological polar surface area (TPSA) is 49.3 Å². The van der Waals surface area contributed by atoms with Crippen LogP contribution >= 0.6 is 11.8 Å². The molecule has 1 aromatic carbocycles. The highest BCUT2D eigenvalue weighted by atomic mass is 32.2. The molecule has 1 atom stereocenters. The smallest absolute Gasteiger partial charge is 0.251 e. The van der Waals surface area contributed by atoms with Crippen LogP contribution in [0.5, 0.6) is 0 Å². The molecular formula is C15H23NO2S. The molecule has 0 aliphatic heterocycles. The maximum absolute atomic E-state index is 12.1. The summed E-state index contributed by atoms with van der Waals surface area (Å²) in [4.78, 5) is 13.2. The van der Waals surface area contributed by atoms with E-state index in [1.807, 2.05) is 31.4 Å². The fourth-order valence-corrected chi connectivity index (χ4v) is 2.35. The number of rotatable bonds is 6. The number of aliphatic hydroxyl groups is 1. The van der Waals surface area contributed by atoms with Crippen LogP contribution in [0, 0.1) is 12.8 Å². The quantitative estimate of drug-likeness (QED) is 0.788. The second kappa shape index (κ2) is 7.56. The molecule has 106 valence electrons. The first-order chi connectivity index (χ1) is 8.93. The third-order valence-corrected chi connectivity index (χ3v) is 3.66. The van der Waals surface area contributed by atoms with Crippen LogP contribution in [-0.4, -0.2) is 29.9 Å². The largest absolute Gasteiger partial charge is 0.391 e. The monoisotopic (exact) mass is 281 g/mol. The average Bonchev–Trinajstić information content (AvgIpc) is 2.35. The van der Waals surface area contributed by atoms with Crippen LogP contribution in [0.3, 0.4) is 0 Å². The van der Waals surface area contributed by atoms with E-state index in [-0.39, 0.29) is 5.91 Å². The summed E-state index contributed by atoms with van der Waals surface area (Å²) in [5.41, 5.74) is 1.64. The first-order valence-electron chi connectivity index (χ1n) is 6.55. The Labute approximate surface area is 119 Å². The summed E-state index contributed by atoms with van der Waals surface area (Å²) in [5.74, 6) is 0.310. The number of aryl methyl sites for hydroxylation is 1. The van der Waals surface area contributed by atoms with Crippen LogP contribution in [0.2, 0.25) is 0 Å². The lowest BCUT2D eigenvalue weighted by Crippen LogP contribution is -2.33. The molecule has 4 heteroatoms. The molecular weight excluding hydrogens is 258 g/mol. The molecule has 0 aliphatic carbocycles. The van der Waals surface area contributed by atoms with E-state index >= 15 is 0 Å². The van der Waals surface area contributed by atoms with Crippen molar-refractivity contribution in [3.63, 3.8) is 0 Å². The summed E-state index contributed by atoms with van der Waals surface area (Å²) in [6.07, 6.45) is 2.20. The maximum Gasteiger partial charge on any atom is 0.251 e. The summed E-state index contributed by atoms with van der Waals surface area (Å²) in [6, 6.07) is 5.85. The van der Waals surface area contributed by atoms with E-state index in [1.54, 1.807) is 11.8 Å². The number of hydrogen-bond donors (Lipinski definition) is 2. The third-order valence-electron chi connectivity index (χ3n) is 2.93. The van der Waals surface area contributed by atoms with Crippen LogP contribution in [0.1, 0.15) is 36.2 Å². The maximum atomic E-state index is 12.1. The van der Waals surface area contributed by atoms with E-state index in [4.69, 9.17) is 0 Å². The van der Waals surface area contributed by atoms with Gasteiger partial charge in [0.05, 0.1) is 6.10 Å². The minimum atomic E-state index is -0.479. The predicted octanol–water partition coefficient (Wildman–Crippen LogP) is 2.85. The highest BCUT2D eigenvalue weighted by Gasteiger charge is 2.12. The molecule has 19 heavy (non-hydrogen) atoms. The number of carbonyl (C=O) groups is 1. The number of hydrogen-bond acceptors (Lipinski definition) is 3. The van der Waals surface area contributed by atoms with Crippen molar-refractivity contribution in [1.29, 1.82) is 0 Å².